The van der Waals surface area contributed by atoms with Crippen molar-refractivity contribution in [3.05, 3.63) is 41.3 Å². The maximum Gasteiger partial charge on any atom is 0.263 e. The van der Waals surface area contributed by atoms with Gasteiger partial charge in [-0.1, -0.05) is 24.2 Å². The minimum Gasteiger partial charge on any atom is -0.355 e. The zero-order valence-corrected chi connectivity index (χ0v) is 16.5. The van der Waals surface area contributed by atoms with Crippen LogP contribution in [0.3, 0.4) is 0 Å². The molecule has 1 amide bonds. The number of amides is 1. The molecular formula is C21H25N5O2. The van der Waals surface area contributed by atoms with E-state index in [1.165, 1.54) is 5.56 Å². The number of carbonyl (C=O) groups excluding carboxylic acids is 1. The summed E-state index contributed by atoms with van der Waals surface area (Å²) in [6, 6.07) is 8.04. The van der Waals surface area contributed by atoms with E-state index >= 15 is 0 Å². The second-order valence-corrected chi connectivity index (χ2v) is 7.37. The van der Waals surface area contributed by atoms with E-state index in [0.29, 0.717) is 18.1 Å². The third kappa shape index (κ3) is 3.56. The first-order valence-corrected chi connectivity index (χ1v) is 9.80. The highest BCUT2D eigenvalue weighted by Gasteiger charge is 2.29. The summed E-state index contributed by atoms with van der Waals surface area (Å²) in [5.74, 6) is 1.41. The van der Waals surface area contributed by atoms with Crippen molar-refractivity contribution >= 4 is 28.5 Å². The lowest BCUT2D eigenvalue weighted by molar-refractivity contribution is -0.120. The number of anilines is 2. The maximum absolute atomic E-state index is 12.8. The molecule has 0 radical (unpaired) electrons. The van der Waals surface area contributed by atoms with E-state index < -0.39 is 0 Å². The average Bonchev–Trinajstić information content (AvgIpc) is 3.08. The molecule has 1 aliphatic rings. The molecule has 0 aliphatic carbocycles. The van der Waals surface area contributed by atoms with Gasteiger partial charge in [0.05, 0.1) is 11.6 Å². The summed E-state index contributed by atoms with van der Waals surface area (Å²) in [5, 5.41) is 7.93. The van der Waals surface area contributed by atoms with Gasteiger partial charge in [0.25, 0.3) is 5.71 Å². The van der Waals surface area contributed by atoms with E-state index in [4.69, 9.17) is 4.52 Å². The number of hydrogen-bond acceptors (Lipinski definition) is 6. The summed E-state index contributed by atoms with van der Waals surface area (Å²) < 4.78 is 5.33. The molecule has 28 heavy (non-hydrogen) atoms. The van der Waals surface area contributed by atoms with E-state index in [1.54, 1.807) is 0 Å². The fourth-order valence-corrected chi connectivity index (χ4v) is 3.75. The Bertz CT molecular complexity index is 996. The van der Waals surface area contributed by atoms with Crippen molar-refractivity contribution < 1.29 is 9.32 Å². The van der Waals surface area contributed by atoms with Crippen molar-refractivity contribution in [1.82, 2.24) is 15.1 Å². The normalized spacial score (nSPS) is 17.1. The summed E-state index contributed by atoms with van der Waals surface area (Å²) in [7, 11) is 0. The number of carbonyl (C=O) groups is 1. The Morgan fingerprint density at radius 2 is 2.04 bits per heavy atom. The van der Waals surface area contributed by atoms with Crippen LogP contribution in [0, 0.1) is 19.8 Å². The molecule has 1 unspecified atom stereocenters. The van der Waals surface area contributed by atoms with Gasteiger partial charge in [0, 0.05) is 18.8 Å². The van der Waals surface area contributed by atoms with Crippen molar-refractivity contribution in [2.75, 3.05) is 23.3 Å². The van der Waals surface area contributed by atoms with Crippen LogP contribution in [0.5, 0.6) is 0 Å². The van der Waals surface area contributed by atoms with Gasteiger partial charge < -0.3 is 14.7 Å². The SMILES string of the molecule is CCc1ccc(NC(=O)C2CCCN(c3nc(C)nc4onc(C)c34)C2)cc1. The van der Waals surface area contributed by atoms with Crippen LogP contribution < -0.4 is 10.2 Å². The highest BCUT2D eigenvalue weighted by Crippen LogP contribution is 2.30. The fourth-order valence-electron chi connectivity index (χ4n) is 3.75. The number of benzene rings is 1. The molecule has 1 fully saturated rings. The molecule has 146 valence electrons. The van der Waals surface area contributed by atoms with Crippen molar-refractivity contribution in [3.63, 3.8) is 0 Å². The lowest BCUT2D eigenvalue weighted by Gasteiger charge is -2.33. The number of aryl methyl sites for hydroxylation is 3. The Balaban J connectivity index is 1.53. The molecule has 1 atom stereocenters. The molecule has 4 rings (SSSR count). The molecule has 7 nitrogen and oxygen atoms in total. The van der Waals surface area contributed by atoms with Crippen LogP contribution in [0.25, 0.3) is 11.1 Å². The van der Waals surface area contributed by atoms with Crippen LogP contribution in [-0.4, -0.2) is 34.1 Å². The highest BCUT2D eigenvalue weighted by atomic mass is 16.5. The second kappa shape index (κ2) is 7.58. The molecule has 1 aromatic carbocycles. The predicted octanol–water partition coefficient (Wildman–Crippen LogP) is 3.65. The average molecular weight is 379 g/mol. The highest BCUT2D eigenvalue weighted by molar-refractivity contribution is 5.94. The molecule has 0 saturated carbocycles. The maximum atomic E-state index is 12.8. The second-order valence-electron chi connectivity index (χ2n) is 7.37. The lowest BCUT2D eigenvalue weighted by atomic mass is 9.96. The molecule has 0 bridgehead atoms. The number of nitrogens with one attached hydrogen (secondary N) is 1. The molecule has 1 saturated heterocycles. The van der Waals surface area contributed by atoms with Gasteiger partial charge in [-0.15, -0.1) is 0 Å². The first-order chi connectivity index (χ1) is 13.5. The summed E-state index contributed by atoms with van der Waals surface area (Å²) in [6.07, 6.45) is 2.79. The molecule has 7 heteroatoms. The summed E-state index contributed by atoms with van der Waals surface area (Å²) >= 11 is 0. The van der Waals surface area contributed by atoms with Gasteiger partial charge in [-0.05, 0) is 50.8 Å². The summed E-state index contributed by atoms with van der Waals surface area (Å²) in [6.45, 7) is 7.32. The van der Waals surface area contributed by atoms with Gasteiger partial charge in [-0.2, -0.15) is 4.98 Å². The molecule has 1 aliphatic heterocycles. The van der Waals surface area contributed by atoms with Crippen LogP contribution in [-0.2, 0) is 11.2 Å². The summed E-state index contributed by atoms with van der Waals surface area (Å²) in [4.78, 5) is 24.0. The van der Waals surface area contributed by atoms with Crippen LogP contribution >= 0.6 is 0 Å². The third-order valence-electron chi connectivity index (χ3n) is 5.32. The minimum absolute atomic E-state index is 0.0537. The van der Waals surface area contributed by atoms with Crippen molar-refractivity contribution in [1.29, 1.82) is 0 Å². The van der Waals surface area contributed by atoms with Gasteiger partial charge in [-0.25, -0.2) is 4.98 Å². The smallest absolute Gasteiger partial charge is 0.263 e. The van der Waals surface area contributed by atoms with E-state index in [0.717, 1.165) is 48.4 Å². The number of nitrogens with zero attached hydrogens (tertiary/aromatic N) is 4. The Morgan fingerprint density at radius 1 is 1.25 bits per heavy atom. The zero-order chi connectivity index (χ0) is 19.7. The van der Waals surface area contributed by atoms with Crippen molar-refractivity contribution in [2.24, 2.45) is 5.92 Å². The first-order valence-electron chi connectivity index (χ1n) is 9.80. The van der Waals surface area contributed by atoms with Gasteiger partial charge >= 0.3 is 0 Å². The number of piperidine rings is 1. The molecule has 3 aromatic rings. The Hall–Kier alpha value is -2.96. The molecule has 3 heterocycles. The number of rotatable bonds is 4. The zero-order valence-electron chi connectivity index (χ0n) is 16.5. The minimum atomic E-state index is -0.0925. The Morgan fingerprint density at radius 3 is 2.79 bits per heavy atom. The summed E-state index contributed by atoms with van der Waals surface area (Å²) in [5.41, 5.74) is 3.37. The lowest BCUT2D eigenvalue weighted by Crippen LogP contribution is -2.41. The standard InChI is InChI=1S/C21H25N5O2/c1-4-15-7-9-17(10-8-15)24-20(27)16-6-5-11-26(12-16)19-18-13(2)25-28-21(18)23-14(3)22-19/h7-10,16H,4-6,11-12H2,1-3H3,(H,24,27). The first kappa shape index (κ1) is 18.4. The molecule has 1 N–H and O–H groups in total. The monoisotopic (exact) mass is 379 g/mol. The number of aromatic nitrogens is 3. The van der Waals surface area contributed by atoms with Gasteiger partial charge in [0.1, 0.15) is 17.0 Å². The largest absolute Gasteiger partial charge is 0.355 e. The van der Waals surface area contributed by atoms with E-state index in [1.807, 2.05) is 26.0 Å². The van der Waals surface area contributed by atoms with E-state index in [9.17, 15) is 4.79 Å². The quantitative estimate of drug-likeness (QED) is 0.745. The van der Waals surface area contributed by atoms with Crippen LogP contribution in [0.4, 0.5) is 11.5 Å². The molecular weight excluding hydrogens is 354 g/mol. The van der Waals surface area contributed by atoms with Crippen LogP contribution in [0.1, 0.15) is 36.8 Å². The topological polar surface area (TPSA) is 84.2 Å². The Labute approximate surface area is 164 Å². The van der Waals surface area contributed by atoms with E-state index in [-0.39, 0.29) is 11.8 Å². The molecule has 0 spiro atoms. The van der Waals surface area contributed by atoms with Crippen LogP contribution in [0.2, 0.25) is 0 Å². The predicted molar refractivity (Wildman–Crippen MR) is 108 cm³/mol. The van der Waals surface area contributed by atoms with E-state index in [2.05, 4.69) is 44.4 Å². The fraction of sp³-hybridized carbons (Fsp3) is 0.429. The van der Waals surface area contributed by atoms with Gasteiger partial charge in [0.2, 0.25) is 5.91 Å². The third-order valence-corrected chi connectivity index (χ3v) is 5.32. The van der Waals surface area contributed by atoms with Gasteiger partial charge in [0.15, 0.2) is 0 Å². The number of hydrogen-bond donors (Lipinski definition) is 1. The van der Waals surface area contributed by atoms with Crippen molar-refractivity contribution in [2.45, 2.75) is 40.0 Å². The van der Waals surface area contributed by atoms with Crippen molar-refractivity contribution in [3.8, 4) is 0 Å². The number of fused-ring (bicyclic) bond motifs is 1. The van der Waals surface area contributed by atoms with Gasteiger partial charge in [-0.3, -0.25) is 4.79 Å². The Kier molecular flexibility index (Phi) is 4.98. The molecule has 2 aromatic heterocycles. The van der Waals surface area contributed by atoms with Crippen LogP contribution in [0.15, 0.2) is 28.8 Å².